The summed E-state index contributed by atoms with van der Waals surface area (Å²) >= 11 is 0. The van der Waals surface area contributed by atoms with Gasteiger partial charge in [-0.1, -0.05) is 36.4 Å². The molecule has 0 aliphatic rings. The van der Waals surface area contributed by atoms with Crippen molar-refractivity contribution in [3.8, 4) is 0 Å². The van der Waals surface area contributed by atoms with Crippen molar-refractivity contribution in [1.29, 1.82) is 0 Å². The fourth-order valence-corrected chi connectivity index (χ4v) is 1.49. The van der Waals surface area contributed by atoms with E-state index in [-0.39, 0.29) is 5.92 Å². The summed E-state index contributed by atoms with van der Waals surface area (Å²) in [4.78, 5) is 0. The highest BCUT2D eigenvalue weighted by atomic mass is 16.3. The van der Waals surface area contributed by atoms with Crippen molar-refractivity contribution < 1.29 is 5.11 Å². The topological polar surface area (TPSA) is 20.2 Å². The van der Waals surface area contributed by atoms with Crippen LogP contribution in [-0.4, -0.2) is 10.7 Å². The second-order valence-electron chi connectivity index (χ2n) is 3.78. The van der Waals surface area contributed by atoms with E-state index in [2.05, 4.69) is 6.58 Å². The predicted molar refractivity (Wildman–Crippen MR) is 55.7 cm³/mol. The van der Waals surface area contributed by atoms with Gasteiger partial charge in [0.2, 0.25) is 0 Å². The van der Waals surface area contributed by atoms with E-state index in [0.717, 1.165) is 5.56 Å². The van der Waals surface area contributed by atoms with Gasteiger partial charge in [0.1, 0.15) is 0 Å². The Bertz CT molecular complexity index is 269. The first-order valence-corrected chi connectivity index (χ1v) is 4.45. The molecular formula is C12H16O. The molecule has 13 heavy (non-hydrogen) atoms. The quantitative estimate of drug-likeness (QED) is 0.702. The highest BCUT2D eigenvalue weighted by molar-refractivity contribution is 5.26. The maximum Gasteiger partial charge on any atom is 0.0694 e. The summed E-state index contributed by atoms with van der Waals surface area (Å²) in [6.45, 7) is 7.34. The summed E-state index contributed by atoms with van der Waals surface area (Å²) in [6, 6.07) is 9.91. The molecule has 0 spiro atoms. The molecule has 0 amide bonds. The average Bonchev–Trinajstić information content (AvgIpc) is 2.05. The molecule has 0 fully saturated rings. The summed E-state index contributed by atoms with van der Waals surface area (Å²) in [5, 5.41) is 9.86. The van der Waals surface area contributed by atoms with Gasteiger partial charge in [-0.25, -0.2) is 0 Å². The second-order valence-corrected chi connectivity index (χ2v) is 3.78. The Morgan fingerprint density at radius 1 is 1.31 bits per heavy atom. The number of aliphatic hydroxyl groups is 1. The lowest BCUT2D eigenvalue weighted by Gasteiger charge is -2.26. The van der Waals surface area contributed by atoms with E-state index >= 15 is 0 Å². The third-order valence-corrected chi connectivity index (χ3v) is 2.16. The van der Waals surface area contributed by atoms with Crippen LogP contribution in [0.1, 0.15) is 25.3 Å². The molecule has 0 bridgehead atoms. The van der Waals surface area contributed by atoms with E-state index in [9.17, 15) is 5.11 Å². The van der Waals surface area contributed by atoms with Gasteiger partial charge >= 0.3 is 0 Å². The summed E-state index contributed by atoms with van der Waals surface area (Å²) in [7, 11) is 0. The Morgan fingerprint density at radius 3 is 2.23 bits per heavy atom. The summed E-state index contributed by atoms with van der Waals surface area (Å²) in [5.74, 6) is -0.00583. The number of rotatable bonds is 3. The Labute approximate surface area is 79.7 Å². The molecule has 0 aliphatic heterocycles. The minimum Gasteiger partial charge on any atom is -0.390 e. The van der Waals surface area contributed by atoms with Gasteiger partial charge in [0.15, 0.2) is 0 Å². The number of hydrogen-bond donors (Lipinski definition) is 1. The van der Waals surface area contributed by atoms with Crippen LogP contribution in [0.25, 0.3) is 0 Å². The Balaban J connectivity index is 2.99. The first-order valence-electron chi connectivity index (χ1n) is 4.45. The first-order chi connectivity index (χ1) is 6.05. The van der Waals surface area contributed by atoms with Crippen molar-refractivity contribution in [2.45, 2.75) is 25.4 Å². The maximum absolute atomic E-state index is 9.86. The number of hydrogen-bond acceptors (Lipinski definition) is 1. The molecule has 0 unspecified atom stereocenters. The summed E-state index contributed by atoms with van der Waals surface area (Å²) in [6.07, 6.45) is 1.79. The first kappa shape index (κ1) is 10.0. The van der Waals surface area contributed by atoms with E-state index in [1.807, 2.05) is 30.3 Å². The van der Waals surface area contributed by atoms with Crippen molar-refractivity contribution in [3.63, 3.8) is 0 Å². The third kappa shape index (κ3) is 2.43. The van der Waals surface area contributed by atoms with Crippen LogP contribution < -0.4 is 0 Å². The molecule has 1 aromatic carbocycles. The van der Waals surface area contributed by atoms with Crippen molar-refractivity contribution in [2.75, 3.05) is 0 Å². The SMILES string of the molecule is C=C[C@H](c1ccccc1)C(C)(C)O. The van der Waals surface area contributed by atoms with E-state index < -0.39 is 5.60 Å². The van der Waals surface area contributed by atoms with Gasteiger partial charge in [-0.15, -0.1) is 6.58 Å². The molecule has 0 radical (unpaired) electrons. The lowest BCUT2D eigenvalue weighted by atomic mass is 9.85. The predicted octanol–water partition coefficient (Wildman–Crippen LogP) is 2.73. The van der Waals surface area contributed by atoms with Gasteiger partial charge in [-0.2, -0.15) is 0 Å². The molecule has 1 heteroatoms. The van der Waals surface area contributed by atoms with Gasteiger partial charge in [0, 0.05) is 5.92 Å². The van der Waals surface area contributed by atoms with E-state index in [1.165, 1.54) is 0 Å². The largest absolute Gasteiger partial charge is 0.390 e. The lowest BCUT2D eigenvalue weighted by Crippen LogP contribution is -2.27. The molecule has 1 N–H and O–H groups in total. The monoisotopic (exact) mass is 176 g/mol. The molecule has 0 heterocycles. The van der Waals surface area contributed by atoms with Gasteiger partial charge in [0.25, 0.3) is 0 Å². The van der Waals surface area contributed by atoms with Crippen molar-refractivity contribution in [3.05, 3.63) is 48.6 Å². The van der Waals surface area contributed by atoms with Gasteiger partial charge in [0.05, 0.1) is 5.60 Å². The molecule has 1 nitrogen and oxygen atoms in total. The van der Waals surface area contributed by atoms with Crippen LogP contribution in [0.2, 0.25) is 0 Å². The fraction of sp³-hybridized carbons (Fsp3) is 0.333. The van der Waals surface area contributed by atoms with Crippen LogP contribution in [-0.2, 0) is 0 Å². The molecular weight excluding hydrogens is 160 g/mol. The van der Waals surface area contributed by atoms with Crippen LogP contribution in [0.4, 0.5) is 0 Å². The van der Waals surface area contributed by atoms with Crippen LogP contribution in [0.3, 0.4) is 0 Å². The Kier molecular flexibility index (Phi) is 2.89. The highest BCUT2D eigenvalue weighted by Crippen LogP contribution is 2.28. The van der Waals surface area contributed by atoms with Crippen LogP contribution in [0.5, 0.6) is 0 Å². The molecule has 70 valence electrons. The molecule has 1 rings (SSSR count). The zero-order valence-corrected chi connectivity index (χ0v) is 8.20. The molecule has 0 aromatic heterocycles. The maximum atomic E-state index is 9.86. The van der Waals surface area contributed by atoms with Gasteiger partial charge in [-0.05, 0) is 19.4 Å². The molecule has 0 saturated heterocycles. The zero-order chi connectivity index (χ0) is 9.90. The standard InChI is InChI=1S/C12H16O/c1-4-11(12(2,3)13)10-8-6-5-7-9-10/h4-9,11,13H,1H2,2-3H3/t11-/m1/s1. The van der Waals surface area contributed by atoms with Gasteiger partial charge in [-0.3, -0.25) is 0 Å². The van der Waals surface area contributed by atoms with Crippen LogP contribution >= 0.6 is 0 Å². The summed E-state index contributed by atoms with van der Waals surface area (Å²) in [5.41, 5.74) is 0.355. The number of benzene rings is 1. The molecule has 1 atom stereocenters. The minimum absolute atomic E-state index is 0.00583. The minimum atomic E-state index is -0.747. The molecule has 1 aromatic rings. The van der Waals surface area contributed by atoms with E-state index in [0.29, 0.717) is 0 Å². The average molecular weight is 176 g/mol. The summed E-state index contributed by atoms with van der Waals surface area (Å²) < 4.78 is 0. The van der Waals surface area contributed by atoms with E-state index in [4.69, 9.17) is 0 Å². The second kappa shape index (κ2) is 3.75. The normalized spacial score (nSPS) is 13.8. The van der Waals surface area contributed by atoms with Gasteiger partial charge < -0.3 is 5.11 Å². The third-order valence-electron chi connectivity index (χ3n) is 2.16. The fourth-order valence-electron chi connectivity index (χ4n) is 1.49. The molecule has 0 aliphatic carbocycles. The smallest absolute Gasteiger partial charge is 0.0694 e. The zero-order valence-electron chi connectivity index (χ0n) is 8.20. The van der Waals surface area contributed by atoms with Crippen molar-refractivity contribution >= 4 is 0 Å². The van der Waals surface area contributed by atoms with Crippen LogP contribution in [0.15, 0.2) is 43.0 Å². The Morgan fingerprint density at radius 2 is 1.85 bits per heavy atom. The van der Waals surface area contributed by atoms with Crippen molar-refractivity contribution in [1.82, 2.24) is 0 Å². The van der Waals surface area contributed by atoms with Crippen molar-refractivity contribution in [2.24, 2.45) is 0 Å². The lowest BCUT2D eigenvalue weighted by molar-refractivity contribution is 0.0652. The molecule has 0 saturated carbocycles. The highest BCUT2D eigenvalue weighted by Gasteiger charge is 2.24. The van der Waals surface area contributed by atoms with E-state index in [1.54, 1.807) is 19.9 Å². The van der Waals surface area contributed by atoms with Crippen LogP contribution in [0, 0.1) is 0 Å². The Hall–Kier alpha value is -1.08.